The third kappa shape index (κ3) is 5.14. The lowest BCUT2D eigenvalue weighted by Gasteiger charge is -2.13. The zero-order valence-electron chi connectivity index (χ0n) is 12.9. The quantitative estimate of drug-likeness (QED) is 0.790. The molecule has 0 heterocycles. The number of carboxylic acid groups (broad SMARTS) is 1. The predicted octanol–water partition coefficient (Wildman–Crippen LogP) is 1.49. The molecular weight excluding hydrogens is 306 g/mol. The van der Waals surface area contributed by atoms with Crippen LogP contribution >= 0.6 is 0 Å². The average Bonchev–Trinajstić information content (AvgIpc) is 2.42. The van der Waals surface area contributed by atoms with Crippen molar-refractivity contribution < 1.29 is 23.1 Å². The number of sulfone groups is 1. The fourth-order valence-electron chi connectivity index (χ4n) is 2.04. The number of hydrogen-bond acceptors (Lipinski definition) is 4. The van der Waals surface area contributed by atoms with Crippen LogP contribution in [0.5, 0.6) is 0 Å². The van der Waals surface area contributed by atoms with Crippen molar-refractivity contribution in [1.82, 2.24) is 5.32 Å². The minimum absolute atomic E-state index is 0.0374. The number of carbonyl (C=O) groups excluding carboxylic acids is 1. The van der Waals surface area contributed by atoms with E-state index in [0.29, 0.717) is 12.0 Å². The minimum Gasteiger partial charge on any atom is -0.481 e. The molecule has 1 amide bonds. The van der Waals surface area contributed by atoms with Crippen LogP contribution in [-0.4, -0.2) is 38.2 Å². The third-order valence-electron chi connectivity index (χ3n) is 3.27. The molecule has 0 aliphatic carbocycles. The fraction of sp³-hybridized carbons (Fsp3) is 0.467. The van der Waals surface area contributed by atoms with Crippen LogP contribution in [0.4, 0.5) is 0 Å². The van der Waals surface area contributed by atoms with E-state index in [1.54, 1.807) is 13.0 Å². The number of carbonyl (C=O) groups is 2. The Morgan fingerprint density at radius 2 is 1.95 bits per heavy atom. The molecule has 0 fully saturated rings. The first-order valence-corrected chi connectivity index (χ1v) is 8.87. The van der Waals surface area contributed by atoms with Crippen LogP contribution in [0.1, 0.15) is 36.2 Å². The van der Waals surface area contributed by atoms with Crippen molar-refractivity contribution >= 4 is 21.7 Å². The third-order valence-corrected chi connectivity index (χ3v) is 4.38. The van der Waals surface area contributed by atoms with Crippen LogP contribution in [-0.2, 0) is 21.1 Å². The van der Waals surface area contributed by atoms with Crippen molar-refractivity contribution in [3.63, 3.8) is 0 Å². The van der Waals surface area contributed by atoms with Crippen molar-refractivity contribution in [3.8, 4) is 0 Å². The van der Waals surface area contributed by atoms with Gasteiger partial charge in [-0.05, 0) is 30.0 Å². The van der Waals surface area contributed by atoms with Gasteiger partial charge in [-0.1, -0.05) is 19.9 Å². The van der Waals surface area contributed by atoms with Crippen molar-refractivity contribution in [1.29, 1.82) is 0 Å². The standard InChI is InChI=1S/C15H21NO5S/c1-4-11-5-6-12(22(3,20)21)8-13(11)15(19)16-9-10(2)7-14(17)18/h5-6,8,10H,4,7,9H2,1-3H3,(H,16,19)(H,17,18). The number of hydrogen-bond donors (Lipinski definition) is 2. The Morgan fingerprint density at radius 1 is 1.32 bits per heavy atom. The van der Waals surface area contributed by atoms with Crippen molar-refractivity contribution in [3.05, 3.63) is 29.3 Å². The molecule has 122 valence electrons. The summed E-state index contributed by atoms with van der Waals surface area (Å²) >= 11 is 0. The Bertz CT molecular complexity index is 667. The molecule has 22 heavy (non-hydrogen) atoms. The highest BCUT2D eigenvalue weighted by molar-refractivity contribution is 7.90. The van der Waals surface area contributed by atoms with Crippen LogP contribution in [0.3, 0.4) is 0 Å². The summed E-state index contributed by atoms with van der Waals surface area (Å²) in [6.07, 6.45) is 1.65. The van der Waals surface area contributed by atoms with Gasteiger partial charge in [-0.25, -0.2) is 8.42 Å². The predicted molar refractivity (Wildman–Crippen MR) is 82.7 cm³/mol. The van der Waals surface area contributed by atoms with Crippen molar-refractivity contribution in [2.45, 2.75) is 31.6 Å². The summed E-state index contributed by atoms with van der Waals surface area (Å²) in [5.74, 6) is -1.51. The van der Waals surface area contributed by atoms with E-state index in [9.17, 15) is 18.0 Å². The van der Waals surface area contributed by atoms with Crippen molar-refractivity contribution in [2.24, 2.45) is 5.92 Å². The highest BCUT2D eigenvalue weighted by Gasteiger charge is 2.16. The van der Waals surface area contributed by atoms with E-state index in [0.717, 1.165) is 11.8 Å². The topological polar surface area (TPSA) is 101 Å². The van der Waals surface area contributed by atoms with Gasteiger partial charge < -0.3 is 10.4 Å². The molecule has 1 atom stereocenters. The van der Waals surface area contributed by atoms with Crippen LogP contribution in [0.15, 0.2) is 23.1 Å². The summed E-state index contributed by atoms with van der Waals surface area (Å²) in [6.45, 7) is 3.82. The first-order chi connectivity index (χ1) is 10.1. The normalized spacial score (nSPS) is 12.7. The summed E-state index contributed by atoms with van der Waals surface area (Å²) in [7, 11) is -3.39. The molecule has 0 saturated carbocycles. The molecule has 1 aromatic carbocycles. The lowest BCUT2D eigenvalue weighted by Crippen LogP contribution is -2.30. The highest BCUT2D eigenvalue weighted by atomic mass is 32.2. The van der Waals surface area contributed by atoms with Crippen LogP contribution in [0, 0.1) is 5.92 Å². The van der Waals surface area contributed by atoms with Crippen molar-refractivity contribution in [2.75, 3.05) is 12.8 Å². The minimum atomic E-state index is -3.39. The second-order valence-corrected chi connectivity index (χ2v) is 7.37. The highest BCUT2D eigenvalue weighted by Crippen LogP contribution is 2.17. The number of nitrogens with one attached hydrogen (secondary N) is 1. The largest absolute Gasteiger partial charge is 0.481 e. The molecule has 1 rings (SSSR count). The first-order valence-electron chi connectivity index (χ1n) is 6.98. The van der Waals surface area contributed by atoms with Gasteiger partial charge >= 0.3 is 5.97 Å². The van der Waals surface area contributed by atoms with Crippen LogP contribution in [0.2, 0.25) is 0 Å². The van der Waals surface area contributed by atoms with Gasteiger partial charge in [-0.2, -0.15) is 0 Å². The van der Waals surface area contributed by atoms with Gasteiger partial charge in [-0.3, -0.25) is 9.59 Å². The number of amides is 1. The Labute approximate surface area is 130 Å². The van der Waals surface area contributed by atoms with E-state index in [4.69, 9.17) is 5.11 Å². The van der Waals surface area contributed by atoms with E-state index in [1.807, 2.05) is 6.92 Å². The lowest BCUT2D eigenvalue weighted by molar-refractivity contribution is -0.137. The second-order valence-electron chi connectivity index (χ2n) is 5.36. The summed E-state index contributed by atoms with van der Waals surface area (Å²) < 4.78 is 23.2. The number of aliphatic carboxylic acids is 1. The molecule has 7 heteroatoms. The van der Waals surface area contributed by atoms with Gasteiger partial charge in [0, 0.05) is 24.8 Å². The fourth-order valence-corrected chi connectivity index (χ4v) is 2.69. The maximum absolute atomic E-state index is 12.2. The Kier molecular flexibility index (Phi) is 6.11. The zero-order chi connectivity index (χ0) is 16.9. The molecular formula is C15H21NO5S. The Balaban J connectivity index is 2.94. The smallest absolute Gasteiger partial charge is 0.303 e. The molecule has 0 saturated heterocycles. The van der Waals surface area contributed by atoms with E-state index in [-0.39, 0.29) is 29.7 Å². The van der Waals surface area contributed by atoms with E-state index >= 15 is 0 Å². The number of rotatable bonds is 7. The van der Waals surface area contributed by atoms with Gasteiger partial charge in [0.1, 0.15) is 0 Å². The maximum Gasteiger partial charge on any atom is 0.303 e. The first kappa shape index (κ1) is 18.2. The van der Waals surface area contributed by atoms with Crippen LogP contribution in [0.25, 0.3) is 0 Å². The van der Waals surface area contributed by atoms with E-state index in [1.165, 1.54) is 12.1 Å². The summed E-state index contributed by atoms with van der Waals surface area (Å²) in [4.78, 5) is 22.9. The molecule has 0 aliphatic rings. The molecule has 0 bridgehead atoms. The monoisotopic (exact) mass is 327 g/mol. The van der Waals surface area contributed by atoms with Gasteiger partial charge in [0.15, 0.2) is 9.84 Å². The summed E-state index contributed by atoms with van der Waals surface area (Å²) in [6, 6.07) is 4.48. The zero-order valence-corrected chi connectivity index (χ0v) is 13.7. The molecule has 6 nitrogen and oxygen atoms in total. The molecule has 0 aromatic heterocycles. The molecule has 0 radical (unpaired) electrons. The number of benzene rings is 1. The SMILES string of the molecule is CCc1ccc(S(C)(=O)=O)cc1C(=O)NCC(C)CC(=O)O. The van der Waals surface area contributed by atoms with Gasteiger partial charge in [-0.15, -0.1) is 0 Å². The maximum atomic E-state index is 12.2. The molecule has 0 aliphatic heterocycles. The number of aryl methyl sites for hydroxylation is 1. The van der Waals surface area contributed by atoms with Crippen LogP contribution < -0.4 is 5.32 Å². The second kappa shape index (κ2) is 7.40. The molecule has 0 spiro atoms. The lowest BCUT2D eigenvalue weighted by atomic mass is 10.0. The summed E-state index contributed by atoms with van der Waals surface area (Å²) in [5, 5.41) is 11.4. The van der Waals surface area contributed by atoms with E-state index < -0.39 is 15.8 Å². The Morgan fingerprint density at radius 3 is 2.45 bits per heavy atom. The van der Waals surface area contributed by atoms with Gasteiger partial charge in [0.25, 0.3) is 5.91 Å². The molecule has 1 unspecified atom stereocenters. The molecule has 1 aromatic rings. The molecule has 2 N–H and O–H groups in total. The average molecular weight is 327 g/mol. The van der Waals surface area contributed by atoms with E-state index in [2.05, 4.69) is 5.32 Å². The van der Waals surface area contributed by atoms with Gasteiger partial charge in [0.2, 0.25) is 0 Å². The summed E-state index contributed by atoms with van der Waals surface area (Å²) in [5.41, 5.74) is 1.06. The number of carboxylic acids is 1. The van der Waals surface area contributed by atoms with Gasteiger partial charge in [0.05, 0.1) is 4.90 Å². The Hall–Kier alpha value is -1.89.